The predicted octanol–water partition coefficient (Wildman–Crippen LogP) is 1.48. The number of nitrogens with one attached hydrogen (secondary N) is 3. The van der Waals surface area contributed by atoms with E-state index in [0.717, 1.165) is 16.9 Å². The summed E-state index contributed by atoms with van der Waals surface area (Å²) in [5.74, 6) is 1.48. The van der Waals surface area contributed by atoms with Crippen molar-refractivity contribution in [2.45, 2.75) is 12.3 Å². The van der Waals surface area contributed by atoms with Crippen LogP contribution in [-0.4, -0.2) is 41.6 Å². The number of nitrogens with zero attached hydrogens (tertiary/aromatic N) is 1. The van der Waals surface area contributed by atoms with Crippen LogP contribution in [0.3, 0.4) is 0 Å². The van der Waals surface area contributed by atoms with Crippen LogP contribution in [0.2, 0.25) is 0 Å². The monoisotopic (exact) mass is 390 g/mol. The van der Waals surface area contributed by atoms with Gasteiger partial charge in [-0.05, 0) is 30.3 Å². The minimum absolute atomic E-state index is 0.0259. The second-order valence-electron chi connectivity index (χ2n) is 5.79. The Kier molecular flexibility index (Phi) is 8.09. The molecule has 0 amide bonds. The van der Waals surface area contributed by atoms with Gasteiger partial charge in [-0.2, -0.15) is 0 Å². The Morgan fingerprint density at radius 2 is 1.67 bits per heavy atom. The molecular weight excluding hydrogens is 364 g/mol. The summed E-state index contributed by atoms with van der Waals surface area (Å²) in [5.41, 5.74) is 1.78. The molecule has 0 spiro atoms. The fourth-order valence-electron chi connectivity index (χ4n) is 2.31. The van der Waals surface area contributed by atoms with Crippen LogP contribution in [0.25, 0.3) is 0 Å². The average molecular weight is 391 g/mol. The van der Waals surface area contributed by atoms with Gasteiger partial charge in [-0.15, -0.1) is 0 Å². The van der Waals surface area contributed by atoms with Crippen molar-refractivity contribution in [2.24, 2.45) is 4.99 Å². The zero-order valence-corrected chi connectivity index (χ0v) is 16.4. The highest BCUT2D eigenvalue weighted by Crippen LogP contribution is 2.08. The van der Waals surface area contributed by atoms with E-state index in [1.807, 2.05) is 54.6 Å². The van der Waals surface area contributed by atoms with Crippen LogP contribution < -0.4 is 20.1 Å². The Hall–Kier alpha value is -2.58. The van der Waals surface area contributed by atoms with Crippen molar-refractivity contribution in [3.05, 3.63) is 65.7 Å². The van der Waals surface area contributed by atoms with Gasteiger partial charge in [0.1, 0.15) is 12.4 Å². The number of rotatable bonds is 9. The molecule has 0 bridgehead atoms. The standard InChI is InChI=1S/C19H26N4O3S/c1-20-19(22-12-13-26-18-6-4-3-5-7-18)23-14-16-8-10-17(11-9-16)15-27(24,25)21-2/h3-11,21H,12-15H2,1-2H3,(H2,20,22,23). The number of ether oxygens (including phenoxy) is 1. The van der Waals surface area contributed by atoms with Crippen LogP contribution in [0.4, 0.5) is 0 Å². The lowest BCUT2D eigenvalue weighted by Crippen LogP contribution is -2.38. The van der Waals surface area contributed by atoms with Crippen molar-refractivity contribution in [1.29, 1.82) is 0 Å². The van der Waals surface area contributed by atoms with Crippen LogP contribution in [0.1, 0.15) is 11.1 Å². The third kappa shape index (κ3) is 7.67. The third-order valence-electron chi connectivity index (χ3n) is 3.78. The molecule has 2 aromatic rings. The Morgan fingerprint density at radius 1 is 1.00 bits per heavy atom. The Balaban J connectivity index is 1.73. The molecule has 0 radical (unpaired) electrons. The first-order valence-corrected chi connectivity index (χ1v) is 10.3. The molecule has 2 rings (SSSR count). The minimum atomic E-state index is -3.25. The zero-order chi connectivity index (χ0) is 19.5. The van der Waals surface area contributed by atoms with Crippen LogP contribution in [0, 0.1) is 0 Å². The van der Waals surface area contributed by atoms with Gasteiger partial charge < -0.3 is 15.4 Å². The van der Waals surface area contributed by atoms with Crippen molar-refractivity contribution in [2.75, 3.05) is 27.2 Å². The maximum Gasteiger partial charge on any atom is 0.215 e. The van der Waals surface area contributed by atoms with Gasteiger partial charge in [0.2, 0.25) is 10.0 Å². The molecule has 27 heavy (non-hydrogen) atoms. The second kappa shape index (κ2) is 10.5. The molecule has 146 valence electrons. The Labute approximate surface area is 160 Å². The minimum Gasteiger partial charge on any atom is -0.492 e. The lowest BCUT2D eigenvalue weighted by molar-refractivity contribution is 0.322. The summed E-state index contributed by atoms with van der Waals surface area (Å²) >= 11 is 0. The van der Waals surface area contributed by atoms with Gasteiger partial charge in [0.15, 0.2) is 5.96 Å². The maximum absolute atomic E-state index is 11.6. The van der Waals surface area contributed by atoms with E-state index in [2.05, 4.69) is 20.3 Å². The largest absolute Gasteiger partial charge is 0.492 e. The van der Waals surface area contributed by atoms with Crippen molar-refractivity contribution in [1.82, 2.24) is 15.4 Å². The Morgan fingerprint density at radius 3 is 2.30 bits per heavy atom. The zero-order valence-electron chi connectivity index (χ0n) is 15.6. The van der Waals surface area contributed by atoms with E-state index < -0.39 is 10.0 Å². The Bertz CT molecular complexity index is 822. The molecule has 2 aromatic carbocycles. The summed E-state index contributed by atoms with van der Waals surface area (Å²) in [5, 5.41) is 6.40. The van der Waals surface area contributed by atoms with Gasteiger partial charge in [-0.1, -0.05) is 42.5 Å². The number of guanidine groups is 1. The first kappa shape index (κ1) is 20.7. The number of benzene rings is 2. The van der Waals surface area contributed by atoms with Gasteiger partial charge in [0.05, 0.1) is 12.3 Å². The summed E-state index contributed by atoms with van der Waals surface area (Å²) in [4.78, 5) is 4.18. The molecule has 0 heterocycles. The van der Waals surface area contributed by atoms with Gasteiger partial charge in [-0.25, -0.2) is 13.1 Å². The highest BCUT2D eigenvalue weighted by molar-refractivity contribution is 7.88. The van der Waals surface area contributed by atoms with Crippen molar-refractivity contribution in [3.63, 3.8) is 0 Å². The van der Waals surface area contributed by atoms with E-state index in [-0.39, 0.29) is 5.75 Å². The molecule has 3 N–H and O–H groups in total. The number of hydrogen-bond donors (Lipinski definition) is 3. The van der Waals surface area contributed by atoms with Crippen molar-refractivity contribution < 1.29 is 13.2 Å². The van der Waals surface area contributed by atoms with E-state index in [4.69, 9.17) is 4.74 Å². The summed E-state index contributed by atoms with van der Waals surface area (Å²) in [6.07, 6.45) is 0. The number of hydrogen-bond acceptors (Lipinski definition) is 4. The normalized spacial score (nSPS) is 11.9. The first-order chi connectivity index (χ1) is 13.0. The van der Waals surface area contributed by atoms with E-state index >= 15 is 0 Å². The lowest BCUT2D eigenvalue weighted by atomic mass is 10.1. The van der Waals surface area contributed by atoms with Crippen LogP contribution >= 0.6 is 0 Å². The SMILES string of the molecule is CN=C(NCCOc1ccccc1)NCc1ccc(CS(=O)(=O)NC)cc1. The molecular formula is C19H26N4O3S. The summed E-state index contributed by atoms with van der Waals surface area (Å²) in [6, 6.07) is 17.1. The molecule has 0 unspecified atom stereocenters. The first-order valence-electron chi connectivity index (χ1n) is 8.64. The molecule has 8 heteroatoms. The summed E-state index contributed by atoms with van der Waals surface area (Å²) in [6.45, 7) is 1.73. The summed E-state index contributed by atoms with van der Waals surface area (Å²) < 4.78 is 31.1. The molecule has 0 aliphatic carbocycles. The molecule has 0 aliphatic heterocycles. The highest BCUT2D eigenvalue weighted by atomic mass is 32.2. The molecule has 7 nitrogen and oxygen atoms in total. The predicted molar refractivity (Wildman–Crippen MR) is 108 cm³/mol. The number of sulfonamides is 1. The van der Waals surface area contributed by atoms with E-state index in [0.29, 0.717) is 25.7 Å². The number of aliphatic imine (C=N–C) groups is 1. The fraction of sp³-hybridized carbons (Fsp3) is 0.316. The lowest BCUT2D eigenvalue weighted by Gasteiger charge is -2.13. The molecule has 0 fully saturated rings. The number of para-hydroxylation sites is 1. The molecule has 0 aromatic heterocycles. The van der Waals surface area contributed by atoms with E-state index in [9.17, 15) is 8.42 Å². The van der Waals surface area contributed by atoms with E-state index in [1.54, 1.807) is 7.05 Å². The van der Waals surface area contributed by atoms with Gasteiger partial charge >= 0.3 is 0 Å². The summed E-state index contributed by atoms with van der Waals surface area (Å²) in [7, 11) is -0.133. The molecule has 0 saturated carbocycles. The molecule has 0 saturated heterocycles. The topological polar surface area (TPSA) is 91.8 Å². The third-order valence-corrected chi connectivity index (χ3v) is 5.12. The fourth-order valence-corrected chi connectivity index (χ4v) is 3.08. The van der Waals surface area contributed by atoms with Crippen LogP contribution in [0.5, 0.6) is 5.75 Å². The van der Waals surface area contributed by atoms with Crippen LogP contribution in [0.15, 0.2) is 59.6 Å². The second-order valence-corrected chi connectivity index (χ2v) is 7.72. The van der Waals surface area contributed by atoms with Crippen molar-refractivity contribution >= 4 is 16.0 Å². The van der Waals surface area contributed by atoms with E-state index in [1.165, 1.54) is 7.05 Å². The maximum atomic E-state index is 11.6. The molecule has 0 atom stereocenters. The highest BCUT2D eigenvalue weighted by Gasteiger charge is 2.08. The van der Waals surface area contributed by atoms with Crippen molar-refractivity contribution in [3.8, 4) is 5.75 Å². The average Bonchev–Trinajstić information content (AvgIpc) is 2.69. The van der Waals surface area contributed by atoms with Gasteiger partial charge in [-0.3, -0.25) is 4.99 Å². The van der Waals surface area contributed by atoms with Crippen LogP contribution in [-0.2, 0) is 22.3 Å². The van der Waals surface area contributed by atoms with Gasteiger partial charge in [0.25, 0.3) is 0 Å². The van der Waals surface area contributed by atoms with Gasteiger partial charge in [0, 0.05) is 13.6 Å². The smallest absolute Gasteiger partial charge is 0.215 e. The molecule has 0 aliphatic rings. The quantitative estimate of drug-likeness (QED) is 0.343.